The van der Waals surface area contributed by atoms with Crippen LogP contribution in [-0.2, 0) is 6.42 Å². The third kappa shape index (κ3) is 3.51. The van der Waals surface area contributed by atoms with E-state index in [1.165, 1.54) is 6.20 Å². The maximum Gasteiger partial charge on any atom is 0.256 e. The first kappa shape index (κ1) is 17.1. The Hall–Kier alpha value is -3.28. The summed E-state index contributed by atoms with van der Waals surface area (Å²) < 4.78 is 16.5. The van der Waals surface area contributed by atoms with Gasteiger partial charge in [-0.1, -0.05) is 47.6 Å². The molecule has 27 heavy (non-hydrogen) atoms. The second-order valence-electron chi connectivity index (χ2n) is 6.47. The average molecular weight is 364 g/mol. The number of ether oxygens (including phenoxy) is 2. The molecule has 1 amide bonds. The minimum Gasteiger partial charge on any atom is -0.493 e. The summed E-state index contributed by atoms with van der Waals surface area (Å²) in [4.78, 5) is 12.6. The molecule has 3 aromatic rings. The van der Waals surface area contributed by atoms with Crippen LogP contribution in [0.2, 0.25) is 0 Å². The molecule has 0 saturated carbocycles. The number of nitrogens with zero attached hydrogens (tertiary/aromatic N) is 1. The highest BCUT2D eigenvalue weighted by Gasteiger charge is 2.24. The molecule has 4 rings (SSSR count). The summed E-state index contributed by atoms with van der Waals surface area (Å²) in [5.74, 6) is 2.00. The molecule has 0 saturated heterocycles. The molecule has 1 aliphatic rings. The molecular weight excluding hydrogens is 344 g/mol. The molecule has 1 aliphatic heterocycles. The van der Waals surface area contributed by atoms with Crippen molar-refractivity contribution in [1.82, 2.24) is 10.5 Å². The van der Waals surface area contributed by atoms with Crippen molar-refractivity contribution in [2.24, 2.45) is 5.92 Å². The van der Waals surface area contributed by atoms with Crippen LogP contribution in [0.3, 0.4) is 0 Å². The molecule has 1 aromatic heterocycles. The molecule has 138 valence electrons. The number of amides is 1. The lowest BCUT2D eigenvalue weighted by Crippen LogP contribution is -2.34. The number of fused-ring (bicyclic) bond motifs is 1. The highest BCUT2D eigenvalue weighted by atomic mass is 16.5. The van der Waals surface area contributed by atoms with Gasteiger partial charge in [-0.15, -0.1) is 0 Å². The molecule has 1 N–H and O–H groups in total. The van der Waals surface area contributed by atoms with Gasteiger partial charge < -0.3 is 19.3 Å². The second-order valence-corrected chi connectivity index (χ2v) is 6.47. The van der Waals surface area contributed by atoms with Crippen molar-refractivity contribution in [2.45, 2.75) is 6.42 Å². The van der Waals surface area contributed by atoms with E-state index in [9.17, 15) is 4.79 Å². The summed E-state index contributed by atoms with van der Waals surface area (Å²) >= 11 is 0. The summed E-state index contributed by atoms with van der Waals surface area (Å²) in [6.07, 6.45) is 2.27. The fraction of sp³-hybridized carbons (Fsp3) is 0.238. The molecule has 6 nitrogen and oxygen atoms in total. The Bertz CT molecular complexity index is 936. The number of nitrogens with one attached hydrogen (secondary N) is 1. The van der Waals surface area contributed by atoms with Gasteiger partial charge in [-0.25, -0.2) is 0 Å². The van der Waals surface area contributed by atoms with Crippen molar-refractivity contribution in [1.29, 1.82) is 0 Å². The van der Waals surface area contributed by atoms with E-state index in [2.05, 4.69) is 10.5 Å². The van der Waals surface area contributed by atoms with Gasteiger partial charge in [0.2, 0.25) is 0 Å². The molecular formula is C21H20N2O4. The van der Waals surface area contributed by atoms with Crippen LogP contribution in [0.15, 0.2) is 59.3 Å². The zero-order chi connectivity index (χ0) is 18.6. The van der Waals surface area contributed by atoms with E-state index in [1.54, 1.807) is 7.11 Å². The van der Waals surface area contributed by atoms with Gasteiger partial charge in [0.15, 0.2) is 17.3 Å². The maximum absolute atomic E-state index is 12.6. The van der Waals surface area contributed by atoms with Crippen LogP contribution < -0.4 is 14.8 Å². The van der Waals surface area contributed by atoms with Gasteiger partial charge in [-0.3, -0.25) is 4.79 Å². The number of benzene rings is 2. The monoisotopic (exact) mass is 364 g/mol. The van der Waals surface area contributed by atoms with Crippen molar-refractivity contribution in [2.75, 3.05) is 20.3 Å². The summed E-state index contributed by atoms with van der Waals surface area (Å²) in [5, 5.41) is 6.76. The fourth-order valence-electron chi connectivity index (χ4n) is 3.28. The van der Waals surface area contributed by atoms with Gasteiger partial charge >= 0.3 is 0 Å². The first-order valence-electron chi connectivity index (χ1n) is 8.83. The third-order valence-corrected chi connectivity index (χ3v) is 4.65. The Balaban J connectivity index is 1.42. The first-order chi connectivity index (χ1) is 13.3. The molecule has 6 heteroatoms. The van der Waals surface area contributed by atoms with Gasteiger partial charge in [0.25, 0.3) is 5.91 Å². The van der Waals surface area contributed by atoms with Crippen LogP contribution in [0.4, 0.5) is 0 Å². The van der Waals surface area contributed by atoms with E-state index in [0.29, 0.717) is 24.5 Å². The Morgan fingerprint density at radius 1 is 1.22 bits per heavy atom. The largest absolute Gasteiger partial charge is 0.493 e. The molecule has 0 aliphatic carbocycles. The van der Waals surface area contributed by atoms with Crippen molar-refractivity contribution in [3.63, 3.8) is 0 Å². The average Bonchev–Trinajstić information content (AvgIpc) is 3.22. The Morgan fingerprint density at radius 2 is 2.07 bits per heavy atom. The number of aromatic nitrogens is 1. The SMILES string of the molecule is COc1cccc2c1OC[C@@H](CNC(=O)c1cnoc1-c1ccccc1)C2. The van der Waals surface area contributed by atoms with E-state index in [4.69, 9.17) is 14.0 Å². The van der Waals surface area contributed by atoms with Gasteiger partial charge in [0, 0.05) is 18.0 Å². The quantitative estimate of drug-likeness (QED) is 0.752. The molecule has 0 bridgehead atoms. The number of rotatable bonds is 5. The van der Waals surface area contributed by atoms with Crippen molar-refractivity contribution in [3.8, 4) is 22.8 Å². The van der Waals surface area contributed by atoms with Gasteiger partial charge in [-0.2, -0.15) is 0 Å². The standard InChI is InChI=1S/C21H20N2O4/c1-25-18-9-5-8-16-10-14(13-26-20(16)18)11-22-21(24)17-12-23-27-19(17)15-6-3-2-4-7-15/h2-9,12,14H,10-11,13H2,1H3,(H,22,24)/t14-/m1/s1. The van der Waals surface area contributed by atoms with Gasteiger partial charge in [0.05, 0.1) is 19.9 Å². The second kappa shape index (κ2) is 7.53. The zero-order valence-corrected chi connectivity index (χ0v) is 15.0. The number of hydrogen-bond acceptors (Lipinski definition) is 5. The molecule has 2 aromatic carbocycles. The van der Waals surface area contributed by atoms with Crippen molar-refractivity contribution in [3.05, 3.63) is 65.9 Å². The number of carbonyl (C=O) groups excluding carboxylic acids is 1. The van der Waals surface area contributed by atoms with E-state index < -0.39 is 0 Å². The van der Waals surface area contributed by atoms with E-state index in [-0.39, 0.29) is 11.8 Å². The molecule has 2 heterocycles. The lowest BCUT2D eigenvalue weighted by atomic mass is 9.96. The number of methoxy groups -OCH3 is 1. The number of carbonyl (C=O) groups is 1. The number of para-hydroxylation sites is 1. The fourth-order valence-corrected chi connectivity index (χ4v) is 3.28. The Kier molecular flexibility index (Phi) is 4.78. The third-order valence-electron chi connectivity index (χ3n) is 4.65. The van der Waals surface area contributed by atoms with Gasteiger partial charge in [-0.05, 0) is 18.1 Å². The first-order valence-corrected chi connectivity index (χ1v) is 8.83. The minimum absolute atomic E-state index is 0.189. The predicted octanol–water partition coefficient (Wildman–Crippen LogP) is 3.33. The lowest BCUT2D eigenvalue weighted by molar-refractivity contribution is 0.0938. The molecule has 0 fully saturated rings. The lowest BCUT2D eigenvalue weighted by Gasteiger charge is -2.26. The molecule has 0 spiro atoms. The summed E-state index contributed by atoms with van der Waals surface area (Å²) in [5.41, 5.74) is 2.34. The summed E-state index contributed by atoms with van der Waals surface area (Å²) in [6.45, 7) is 1.04. The van der Waals surface area contributed by atoms with Crippen LogP contribution in [0, 0.1) is 5.92 Å². The predicted molar refractivity (Wildman–Crippen MR) is 100.0 cm³/mol. The van der Waals surface area contributed by atoms with E-state index in [0.717, 1.165) is 29.0 Å². The smallest absolute Gasteiger partial charge is 0.256 e. The van der Waals surface area contributed by atoms with Crippen LogP contribution in [0.5, 0.6) is 11.5 Å². The highest BCUT2D eigenvalue weighted by Crippen LogP contribution is 2.35. The maximum atomic E-state index is 12.6. The zero-order valence-electron chi connectivity index (χ0n) is 15.0. The van der Waals surface area contributed by atoms with Gasteiger partial charge in [0.1, 0.15) is 5.56 Å². The van der Waals surface area contributed by atoms with Crippen LogP contribution >= 0.6 is 0 Å². The summed E-state index contributed by atoms with van der Waals surface area (Å²) in [7, 11) is 1.63. The van der Waals surface area contributed by atoms with Crippen molar-refractivity contribution >= 4 is 5.91 Å². The summed E-state index contributed by atoms with van der Waals surface area (Å²) in [6, 6.07) is 15.3. The highest BCUT2D eigenvalue weighted by molar-refractivity contribution is 5.99. The van der Waals surface area contributed by atoms with E-state index in [1.807, 2.05) is 48.5 Å². The van der Waals surface area contributed by atoms with Crippen LogP contribution in [-0.4, -0.2) is 31.3 Å². The topological polar surface area (TPSA) is 73.6 Å². The molecule has 0 unspecified atom stereocenters. The van der Waals surface area contributed by atoms with Crippen LogP contribution in [0.1, 0.15) is 15.9 Å². The van der Waals surface area contributed by atoms with Crippen molar-refractivity contribution < 1.29 is 18.8 Å². The normalized spacial score (nSPS) is 15.5. The minimum atomic E-state index is -0.202. The molecule has 1 atom stereocenters. The van der Waals surface area contributed by atoms with E-state index >= 15 is 0 Å². The molecule has 0 radical (unpaired) electrons. The Morgan fingerprint density at radius 3 is 2.89 bits per heavy atom. The van der Waals surface area contributed by atoms with Crippen LogP contribution in [0.25, 0.3) is 11.3 Å². The Labute approximate surface area is 157 Å². The number of hydrogen-bond donors (Lipinski definition) is 1.